The number of carboxylic acid groups (broad SMARTS) is 2. The monoisotopic (exact) mass is 1350 g/mol. The predicted octanol–water partition coefficient (Wildman–Crippen LogP) is 8.76. The quantitative estimate of drug-likeness (QED) is 0.0475. The number of nitrogens with zero attached hydrogens (tertiary/aromatic N) is 8. The van der Waals surface area contributed by atoms with Gasteiger partial charge in [-0.1, -0.05) is 44.2 Å². The second kappa shape index (κ2) is 29.3. The molecule has 10 bridgehead atoms. The summed E-state index contributed by atoms with van der Waals surface area (Å²) in [6.07, 6.45) is -1.68. The van der Waals surface area contributed by atoms with Crippen LogP contribution in [0.5, 0.6) is 0 Å². The molecule has 4 atom stereocenters. The summed E-state index contributed by atoms with van der Waals surface area (Å²) in [6, 6.07) is 9.23. The van der Waals surface area contributed by atoms with Gasteiger partial charge in [0.05, 0.1) is 48.1 Å². The van der Waals surface area contributed by atoms with Crippen LogP contribution in [0, 0.1) is 18.8 Å². The first-order valence-electron chi connectivity index (χ1n) is 28.6. The molecule has 7 aromatic heterocycles. The summed E-state index contributed by atoms with van der Waals surface area (Å²) in [7, 11) is 2.92. The van der Waals surface area contributed by atoms with Gasteiger partial charge in [-0.3, -0.25) is 38.5 Å². The summed E-state index contributed by atoms with van der Waals surface area (Å²) < 4.78 is 11.3. The van der Waals surface area contributed by atoms with E-state index in [2.05, 4.69) is 26.6 Å². The van der Waals surface area contributed by atoms with E-state index in [0.717, 1.165) is 56.7 Å². The molecule has 26 nitrogen and oxygen atoms in total. The lowest BCUT2D eigenvalue weighted by molar-refractivity contribution is -0.143. The highest BCUT2D eigenvalue weighted by Crippen LogP contribution is 2.41. The maximum absolute atomic E-state index is 14.4. The average molecular weight is 1350 g/mol. The fourth-order valence-corrected chi connectivity index (χ4v) is 15.6. The van der Waals surface area contributed by atoms with Crippen molar-refractivity contribution in [3.63, 3.8) is 0 Å². The first kappa shape index (κ1) is 65.6. The fraction of sp³-hybridized carbons (Fsp3) is 0.373. The molecule has 476 valence electrons. The average Bonchev–Trinajstić information content (AvgIpc) is 1.75. The molecule has 0 spiro atoms. The molecule has 8 N–H and O–H groups in total. The van der Waals surface area contributed by atoms with Gasteiger partial charge >= 0.3 is 18.0 Å². The van der Waals surface area contributed by atoms with E-state index in [9.17, 15) is 53.7 Å². The summed E-state index contributed by atoms with van der Waals surface area (Å²) in [4.78, 5) is 143. The van der Waals surface area contributed by atoms with Gasteiger partial charge in [-0.2, -0.15) is 0 Å². The number of anilines is 1. The van der Waals surface area contributed by atoms with Gasteiger partial charge in [0.2, 0.25) is 11.8 Å². The van der Waals surface area contributed by atoms with Crippen LogP contribution < -0.4 is 31.5 Å². The van der Waals surface area contributed by atoms with E-state index in [1.54, 1.807) is 70.9 Å². The van der Waals surface area contributed by atoms with E-state index < -0.39 is 90.4 Å². The molecule has 32 heteroatoms. The van der Waals surface area contributed by atoms with Crippen LogP contribution in [-0.2, 0) is 35.3 Å². The minimum absolute atomic E-state index is 0.0149. The molecule has 6 amide bonds. The van der Waals surface area contributed by atoms with Crippen molar-refractivity contribution in [3.05, 3.63) is 111 Å². The fourth-order valence-electron chi connectivity index (χ4n) is 10.0. The Kier molecular flexibility index (Phi) is 21.1. The molecule has 1 fully saturated rings. The SMILES string of the molecule is CNC(=O)C[C@@H]1NC(=O)c2csc(n2)-c2ccc(-c3nc(N(CCCC(=O)O)C(=O)OC4CCC(C(=O)O)CC4)cs3)nc2-c2csc(n2)-c2csc(n2)[C@H]([C@@H](O)c2ccccc2)NC(=O)CNC(=O)c2nc(sc2COC)[C@H](C(C)C)NC(=O)c2nc1sc2C. The Morgan fingerprint density at radius 3 is 2.13 bits per heavy atom. The van der Waals surface area contributed by atoms with E-state index in [-0.39, 0.29) is 66.2 Å². The van der Waals surface area contributed by atoms with Crippen molar-refractivity contribution in [1.29, 1.82) is 0 Å². The van der Waals surface area contributed by atoms with Crippen molar-refractivity contribution in [2.24, 2.45) is 11.8 Å². The van der Waals surface area contributed by atoms with Gasteiger partial charge in [-0.15, -0.1) is 68.0 Å². The van der Waals surface area contributed by atoms with Crippen LogP contribution in [0.25, 0.3) is 43.4 Å². The van der Waals surface area contributed by atoms with Crippen LogP contribution in [0.4, 0.5) is 10.6 Å². The smallest absolute Gasteiger partial charge is 0.415 e. The number of hydrogen-bond donors (Lipinski definition) is 8. The number of methoxy groups -OCH3 is 1. The first-order chi connectivity index (χ1) is 43.7. The highest BCUT2D eigenvalue weighted by atomic mass is 32.1. The van der Waals surface area contributed by atoms with Crippen LogP contribution >= 0.6 is 68.0 Å². The molecular weight excluding hydrogens is 1290 g/mol. The Balaban J connectivity index is 1.04. The number of carbonyl (C=O) groups is 8. The molecular formula is C59H61N13O13S6. The standard InChI is InChI=1S/C59H61N13O13S6/c1-27(2)43-57-71-46(38(91-57)22-84-5)50(79)61-21-41(74)68-47(48(77)29-10-7-6-8-11-29)56-66-37(25-88-56)54-64-35(23-87-54)45-32(52-65-36(24-86-52)49(78)63-34(20-40(73)60-4)55-70-44(28(3)90-55)51(80)69-43)17-18-33(62-45)53-67-39(26-89-53)72(19-9-12-42(75)76)59(83)85-31-15-13-30(14-16-31)58(81)82/h6-8,10-11,17-18,23-27,30-31,34,43,47-48,77H,9,12-16,19-22H2,1-5H3,(H,60,73)(H,61,79)(H,63,78)(H,68,74)(H,69,80)(H,75,76)(H,81,82)/t30?,31?,34-,43-,47-,48-/m0/s1. The number of nitrogens with one attached hydrogen (secondary N) is 5. The van der Waals surface area contributed by atoms with Crippen LogP contribution in [0.3, 0.4) is 0 Å². The van der Waals surface area contributed by atoms with Crippen molar-refractivity contribution < 1.29 is 63.1 Å². The number of fused-ring (bicyclic) bond motifs is 14. The van der Waals surface area contributed by atoms with E-state index in [4.69, 9.17) is 44.4 Å². The maximum atomic E-state index is 14.4. The zero-order chi connectivity index (χ0) is 64.6. The number of aliphatic hydroxyl groups excluding tert-OH is 1. The lowest BCUT2D eigenvalue weighted by atomic mass is 9.87. The van der Waals surface area contributed by atoms with Crippen molar-refractivity contribution in [3.8, 4) is 43.4 Å². The summed E-state index contributed by atoms with van der Waals surface area (Å²) in [5.41, 5.74) is 2.29. The normalized spacial score (nSPS) is 18.5. The number of thiazole rings is 6. The maximum Gasteiger partial charge on any atom is 0.415 e. The number of aliphatic carboxylic acids is 2. The topological polar surface area (TPSA) is 369 Å². The lowest BCUT2D eigenvalue weighted by Crippen LogP contribution is -2.40. The Morgan fingerprint density at radius 1 is 0.703 bits per heavy atom. The summed E-state index contributed by atoms with van der Waals surface area (Å²) in [5.74, 6) is -5.61. The highest BCUT2D eigenvalue weighted by molar-refractivity contribution is 7.15. The minimum atomic E-state index is -1.31. The van der Waals surface area contributed by atoms with Crippen molar-refractivity contribution in [1.82, 2.24) is 61.5 Å². The third-order valence-electron chi connectivity index (χ3n) is 14.8. The predicted molar refractivity (Wildman–Crippen MR) is 341 cm³/mol. The van der Waals surface area contributed by atoms with E-state index in [1.165, 1.54) is 30.4 Å². The lowest BCUT2D eigenvalue weighted by Gasteiger charge is -2.28. The number of hydrogen-bond acceptors (Lipinski definition) is 24. The Labute approximate surface area is 544 Å². The summed E-state index contributed by atoms with van der Waals surface area (Å²) >= 11 is 6.96. The number of aryl methyl sites for hydroxylation is 1. The molecule has 2 aliphatic rings. The molecule has 0 radical (unpaired) electrons. The van der Waals surface area contributed by atoms with Crippen molar-refractivity contribution >= 4 is 121 Å². The second-order valence-corrected chi connectivity index (χ2v) is 27.3. The molecule has 8 heterocycles. The summed E-state index contributed by atoms with van der Waals surface area (Å²) in [5, 5.41) is 53.8. The van der Waals surface area contributed by atoms with Gasteiger partial charge in [0.15, 0.2) is 0 Å². The number of carbonyl (C=O) groups excluding carboxylic acids is 6. The molecule has 0 saturated heterocycles. The Bertz CT molecular complexity index is 4000. The number of pyridine rings is 1. The number of ether oxygens (including phenoxy) is 2. The van der Waals surface area contributed by atoms with E-state index >= 15 is 0 Å². The van der Waals surface area contributed by atoms with E-state index in [1.807, 2.05) is 13.8 Å². The number of carboxylic acids is 2. The molecule has 1 aliphatic carbocycles. The molecule has 8 aromatic rings. The molecule has 0 unspecified atom stereocenters. The van der Waals surface area contributed by atoms with Crippen molar-refractivity contribution in [2.75, 3.05) is 32.1 Å². The molecule has 1 aliphatic heterocycles. The van der Waals surface area contributed by atoms with Gasteiger partial charge < -0.3 is 51.4 Å². The largest absolute Gasteiger partial charge is 0.481 e. The van der Waals surface area contributed by atoms with Crippen molar-refractivity contribution in [2.45, 2.75) is 103 Å². The van der Waals surface area contributed by atoms with Gasteiger partial charge in [-0.05, 0) is 62.6 Å². The number of rotatable bonds is 15. The second-order valence-electron chi connectivity index (χ2n) is 21.5. The highest BCUT2D eigenvalue weighted by Gasteiger charge is 2.35. The van der Waals surface area contributed by atoms with E-state index in [0.29, 0.717) is 94.4 Å². The summed E-state index contributed by atoms with van der Waals surface area (Å²) in [6.45, 7) is 4.83. The zero-order valence-corrected chi connectivity index (χ0v) is 54.3. The number of aliphatic hydroxyl groups is 1. The minimum Gasteiger partial charge on any atom is -0.481 e. The zero-order valence-electron chi connectivity index (χ0n) is 49.4. The van der Waals surface area contributed by atoms with Gasteiger partial charge in [-0.25, -0.2) is 39.7 Å². The molecule has 1 saturated carbocycles. The van der Waals surface area contributed by atoms with Crippen LogP contribution in [0.1, 0.15) is 145 Å². The van der Waals surface area contributed by atoms with Crippen LogP contribution in [0.2, 0.25) is 0 Å². The third-order valence-corrected chi connectivity index (χ3v) is 20.5. The van der Waals surface area contributed by atoms with Gasteiger partial charge in [0, 0.05) is 59.1 Å². The Hall–Kier alpha value is -8.37. The number of aromatic nitrogens is 7. The first-order valence-corrected chi connectivity index (χ1v) is 33.8. The molecule has 91 heavy (non-hydrogen) atoms. The third kappa shape index (κ3) is 15.5. The van der Waals surface area contributed by atoms with Crippen LogP contribution in [0.15, 0.2) is 64.0 Å². The molecule has 10 rings (SSSR count). The van der Waals surface area contributed by atoms with Crippen LogP contribution in [-0.4, -0.2) is 131 Å². The molecule has 1 aromatic carbocycles. The van der Waals surface area contributed by atoms with Gasteiger partial charge in [0.25, 0.3) is 17.7 Å². The number of benzene rings is 1. The van der Waals surface area contributed by atoms with Gasteiger partial charge in [0.1, 0.15) is 88.3 Å². The number of amides is 6. The Morgan fingerprint density at radius 2 is 1.41 bits per heavy atom.